The van der Waals surface area contributed by atoms with Crippen LogP contribution in [0.4, 0.5) is 0 Å². The second kappa shape index (κ2) is 9.75. The van der Waals surface area contributed by atoms with Gasteiger partial charge in [0.15, 0.2) is 0 Å². The zero-order valence-electron chi connectivity index (χ0n) is 11.9. The zero-order valence-corrected chi connectivity index (χ0v) is 12.7. The lowest BCUT2D eigenvalue weighted by atomic mass is 10.3. The number of aryl methyl sites for hydroxylation is 1. The van der Waals surface area contributed by atoms with E-state index in [-0.39, 0.29) is 0 Å². The molecule has 3 rings (SSSR count). The van der Waals surface area contributed by atoms with E-state index in [1.165, 1.54) is 25.9 Å². The van der Waals surface area contributed by atoms with Gasteiger partial charge in [0, 0.05) is 25.5 Å². The van der Waals surface area contributed by atoms with Gasteiger partial charge in [-0.05, 0) is 56.6 Å². The lowest BCUT2D eigenvalue weighted by Crippen LogP contribution is -2.27. The Morgan fingerprint density at radius 3 is 2.00 bits per heavy atom. The number of likely N-dealkylation sites (tertiary alicyclic amines) is 1. The van der Waals surface area contributed by atoms with Crippen molar-refractivity contribution in [1.82, 2.24) is 14.7 Å². The first-order chi connectivity index (χ1) is 9.20. The first-order valence-corrected chi connectivity index (χ1v) is 7.62. The van der Waals surface area contributed by atoms with Crippen molar-refractivity contribution in [2.24, 2.45) is 7.05 Å². The lowest BCUT2D eigenvalue weighted by molar-refractivity contribution is 0.298. The average Bonchev–Trinajstić information content (AvgIpc) is 3.16. The number of thiophene rings is 1. The van der Waals surface area contributed by atoms with Crippen LogP contribution in [0.3, 0.4) is 0 Å². The van der Waals surface area contributed by atoms with Crippen LogP contribution in [0.25, 0.3) is 0 Å². The summed E-state index contributed by atoms with van der Waals surface area (Å²) in [6.45, 7) is 8.64. The van der Waals surface area contributed by atoms with E-state index in [2.05, 4.69) is 23.8 Å². The number of hydrogen-bond donors (Lipinski definition) is 0. The monoisotopic (exact) mass is 278 g/mol. The fraction of sp³-hybridized carbons (Fsp3) is 0.467. The van der Waals surface area contributed by atoms with E-state index in [0.717, 1.165) is 0 Å². The topological polar surface area (TPSA) is 21.1 Å². The van der Waals surface area contributed by atoms with Crippen LogP contribution in [0.2, 0.25) is 0 Å². The van der Waals surface area contributed by atoms with E-state index in [4.69, 9.17) is 0 Å². The van der Waals surface area contributed by atoms with E-state index < -0.39 is 0 Å². The maximum atomic E-state index is 3.95. The zero-order chi connectivity index (χ0) is 13.9. The van der Waals surface area contributed by atoms with Gasteiger partial charge in [0.25, 0.3) is 0 Å². The minimum absolute atomic E-state index is 0.525. The normalized spacial score (nSPS) is 14.5. The molecule has 2 aromatic rings. The molecule has 3 heterocycles. The van der Waals surface area contributed by atoms with Crippen molar-refractivity contribution < 1.29 is 0 Å². The smallest absolute Gasteiger partial charge is 0.0489 e. The predicted molar refractivity (Wildman–Crippen MR) is 83.2 cm³/mol. The average molecular weight is 278 g/mol. The van der Waals surface area contributed by atoms with Gasteiger partial charge in [-0.3, -0.25) is 4.68 Å². The molecule has 1 aliphatic rings. The molecule has 3 nitrogen and oxygen atoms in total. The Labute approximate surface area is 120 Å². The molecule has 1 atom stereocenters. The van der Waals surface area contributed by atoms with E-state index in [1.54, 1.807) is 22.2 Å². The lowest BCUT2D eigenvalue weighted by Gasteiger charge is -2.18. The second-order valence-corrected chi connectivity index (χ2v) is 5.38. The summed E-state index contributed by atoms with van der Waals surface area (Å²) in [4.78, 5) is 2.42. The summed E-state index contributed by atoms with van der Waals surface area (Å²) >= 11 is 1.71. The molecule has 0 bridgehead atoms. The van der Waals surface area contributed by atoms with E-state index >= 15 is 0 Å². The Morgan fingerprint density at radius 1 is 1.16 bits per heavy atom. The van der Waals surface area contributed by atoms with Crippen molar-refractivity contribution in [1.29, 1.82) is 0 Å². The summed E-state index contributed by atoms with van der Waals surface area (Å²) in [5.74, 6) is 0. The van der Waals surface area contributed by atoms with Crippen molar-refractivity contribution in [2.45, 2.75) is 25.8 Å². The molecule has 19 heavy (non-hydrogen) atoms. The summed E-state index contributed by atoms with van der Waals surface area (Å²) in [6, 6.07) is 6.45. The maximum Gasteiger partial charge on any atom is 0.0489 e. The third kappa shape index (κ3) is 7.80. The van der Waals surface area contributed by atoms with Crippen LogP contribution >= 0.6 is 11.3 Å². The maximum absolute atomic E-state index is 3.95. The van der Waals surface area contributed by atoms with Crippen LogP contribution in [0.5, 0.6) is 0 Å². The Bertz CT molecular complexity index is 358. The SMILES string of the molecule is Cn1cccn1.[CH2]C(C)N1CCCC1.c1ccsc1. The number of rotatable bonds is 1. The molecule has 1 unspecified atom stereocenters. The van der Waals surface area contributed by atoms with Crippen LogP contribution in [-0.4, -0.2) is 33.8 Å². The van der Waals surface area contributed by atoms with Crippen molar-refractivity contribution in [3.05, 3.63) is 48.3 Å². The Hall–Kier alpha value is -1.13. The highest BCUT2D eigenvalue weighted by Crippen LogP contribution is 2.09. The van der Waals surface area contributed by atoms with Gasteiger partial charge in [-0.2, -0.15) is 16.4 Å². The highest BCUT2D eigenvalue weighted by atomic mass is 32.1. The number of aromatic nitrogens is 2. The summed E-state index contributed by atoms with van der Waals surface area (Å²) in [6.07, 6.45) is 6.39. The molecular weight excluding hydrogens is 254 g/mol. The number of hydrogen-bond acceptors (Lipinski definition) is 3. The minimum Gasteiger partial charge on any atom is -0.301 e. The van der Waals surface area contributed by atoms with Crippen molar-refractivity contribution in [3.63, 3.8) is 0 Å². The Kier molecular flexibility index (Phi) is 8.18. The van der Waals surface area contributed by atoms with Gasteiger partial charge in [0.1, 0.15) is 0 Å². The van der Waals surface area contributed by atoms with Gasteiger partial charge >= 0.3 is 0 Å². The predicted octanol–water partition coefficient (Wildman–Crippen LogP) is 3.47. The van der Waals surface area contributed by atoms with E-state index in [1.807, 2.05) is 42.2 Å². The molecule has 0 spiro atoms. The van der Waals surface area contributed by atoms with Gasteiger partial charge in [-0.25, -0.2) is 0 Å². The van der Waals surface area contributed by atoms with Crippen molar-refractivity contribution in [3.8, 4) is 0 Å². The fourth-order valence-corrected chi connectivity index (χ4v) is 2.21. The molecule has 4 heteroatoms. The molecular formula is C15H24N3S. The molecule has 0 amide bonds. The molecule has 2 aromatic heterocycles. The van der Waals surface area contributed by atoms with Gasteiger partial charge in [-0.15, -0.1) is 0 Å². The van der Waals surface area contributed by atoms with E-state index in [0.29, 0.717) is 6.04 Å². The summed E-state index contributed by atoms with van der Waals surface area (Å²) in [5, 5.41) is 7.92. The third-order valence-electron chi connectivity index (χ3n) is 2.83. The summed E-state index contributed by atoms with van der Waals surface area (Å²) in [7, 11) is 1.89. The Morgan fingerprint density at radius 2 is 1.79 bits per heavy atom. The minimum atomic E-state index is 0.525. The van der Waals surface area contributed by atoms with Gasteiger partial charge in [0.2, 0.25) is 0 Å². The summed E-state index contributed by atoms with van der Waals surface area (Å²) < 4.78 is 1.75. The van der Waals surface area contributed by atoms with Crippen LogP contribution in [-0.2, 0) is 7.05 Å². The Balaban J connectivity index is 0.000000147. The molecule has 0 aliphatic carbocycles. The van der Waals surface area contributed by atoms with Gasteiger partial charge in [-0.1, -0.05) is 12.1 Å². The standard InChI is InChI=1S/C7H14N.C4H6N2.C4H4S/c1-7(2)8-5-3-4-6-8;1-6-4-2-3-5-6;1-2-4-5-3-1/h7H,1,3-6H2,2H3;2-4H,1H3;1-4H. The molecule has 105 valence electrons. The highest BCUT2D eigenvalue weighted by Gasteiger charge is 2.13. The molecule has 1 fully saturated rings. The number of nitrogens with zero attached hydrogens (tertiary/aromatic N) is 3. The molecule has 0 N–H and O–H groups in total. The fourth-order valence-electron chi connectivity index (χ4n) is 1.75. The second-order valence-electron chi connectivity index (χ2n) is 4.56. The molecule has 0 aromatic carbocycles. The first-order valence-electron chi connectivity index (χ1n) is 6.68. The first kappa shape index (κ1) is 15.9. The molecule has 0 saturated carbocycles. The van der Waals surface area contributed by atoms with E-state index in [9.17, 15) is 0 Å². The molecule has 1 saturated heterocycles. The van der Waals surface area contributed by atoms with Crippen LogP contribution in [0.15, 0.2) is 41.4 Å². The van der Waals surface area contributed by atoms with Gasteiger partial charge in [0.05, 0.1) is 0 Å². The molecule has 1 radical (unpaired) electrons. The van der Waals surface area contributed by atoms with Crippen LogP contribution in [0, 0.1) is 6.92 Å². The summed E-state index contributed by atoms with van der Waals surface area (Å²) in [5.41, 5.74) is 0. The largest absolute Gasteiger partial charge is 0.301 e. The third-order valence-corrected chi connectivity index (χ3v) is 3.45. The van der Waals surface area contributed by atoms with Gasteiger partial charge < -0.3 is 4.90 Å². The van der Waals surface area contributed by atoms with Crippen molar-refractivity contribution in [2.75, 3.05) is 13.1 Å². The highest BCUT2D eigenvalue weighted by molar-refractivity contribution is 7.07. The quantitative estimate of drug-likeness (QED) is 0.796. The van der Waals surface area contributed by atoms with Crippen LogP contribution < -0.4 is 0 Å². The van der Waals surface area contributed by atoms with Crippen molar-refractivity contribution >= 4 is 11.3 Å². The van der Waals surface area contributed by atoms with Crippen LogP contribution in [0.1, 0.15) is 19.8 Å². The molecule has 1 aliphatic heterocycles.